The van der Waals surface area contributed by atoms with Crippen molar-refractivity contribution in [3.8, 4) is 0 Å². The zero-order valence-corrected chi connectivity index (χ0v) is 16.4. The van der Waals surface area contributed by atoms with Crippen LogP contribution in [0.5, 0.6) is 0 Å². The molecule has 0 heterocycles. The van der Waals surface area contributed by atoms with Gasteiger partial charge in [-0.05, 0) is 56.1 Å². The van der Waals surface area contributed by atoms with Crippen molar-refractivity contribution in [2.75, 3.05) is 0 Å². The molecule has 6 heteroatoms. The molecule has 2 unspecified atom stereocenters. The summed E-state index contributed by atoms with van der Waals surface area (Å²) < 4.78 is 0. The van der Waals surface area contributed by atoms with E-state index in [1.54, 1.807) is 0 Å². The molecule has 1 aromatic rings. The van der Waals surface area contributed by atoms with E-state index in [1.807, 2.05) is 30.3 Å². The van der Waals surface area contributed by atoms with Crippen LogP contribution < -0.4 is 0 Å². The zero-order chi connectivity index (χ0) is 20.4. The maximum Gasteiger partial charge on any atom is 0.303 e. The number of benzene rings is 1. The highest BCUT2D eigenvalue weighted by molar-refractivity contribution is 5.67. The third-order valence-electron chi connectivity index (χ3n) is 5.65. The maximum absolute atomic E-state index is 10.5. The molecule has 156 valence electrons. The van der Waals surface area contributed by atoms with Crippen molar-refractivity contribution in [3.63, 3.8) is 0 Å². The van der Waals surface area contributed by atoms with Crippen LogP contribution in [0, 0.1) is 11.8 Å². The molecule has 4 N–H and O–H groups in total. The Kier molecular flexibility index (Phi) is 9.61. The van der Waals surface area contributed by atoms with Crippen LogP contribution in [-0.4, -0.2) is 50.9 Å². The van der Waals surface area contributed by atoms with E-state index in [2.05, 4.69) is 4.99 Å². The Morgan fingerprint density at radius 3 is 2.36 bits per heavy atom. The van der Waals surface area contributed by atoms with Gasteiger partial charge in [0.2, 0.25) is 0 Å². The monoisotopic (exact) mass is 391 g/mol. The lowest BCUT2D eigenvalue weighted by Gasteiger charge is -2.24. The number of aliphatic hydroxyl groups is 3. The largest absolute Gasteiger partial charge is 0.481 e. The van der Waals surface area contributed by atoms with Crippen molar-refractivity contribution in [1.82, 2.24) is 0 Å². The van der Waals surface area contributed by atoms with E-state index in [4.69, 9.17) is 5.11 Å². The van der Waals surface area contributed by atoms with Crippen molar-refractivity contribution in [2.24, 2.45) is 16.8 Å². The highest BCUT2D eigenvalue weighted by atomic mass is 16.4. The third-order valence-corrected chi connectivity index (χ3v) is 5.65. The minimum Gasteiger partial charge on any atom is -0.481 e. The number of aliphatic hydroxyl groups excluding tert-OH is 3. The molecule has 5 atom stereocenters. The predicted molar refractivity (Wildman–Crippen MR) is 109 cm³/mol. The lowest BCUT2D eigenvalue weighted by molar-refractivity contribution is -0.137. The fourth-order valence-electron chi connectivity index (χ4n) is 4.11. The van der Waals surface area contributed by atoms with Crippen molar-refractivity contribution >= 4 is 17.9 Å². The van der Waals surface area contributed by atoms with E-state index in [-0.39, 0.29) is 18.3 Å². The molecule has 6 nitrogen and oxygen atoms in total. The summed E-state index contributed by atoms with van der Waals surface area (Å²) in [7, 11) is 0. The number of carboxylic acid groups (broad SMARTS) is 1. The number of unbranched alkanes of at least 4 members (excludes halogenated alkanes) is 3. The molecule has 0 aliphatic heterocycles. The lowest BCUT2D eigenvalue weighted by Crippen LogP contribution is -2.24. The smallest absolute Gasteiger partial charge is 0.303 e. The summed E-state index contributed by atoms with van der Waals surface area (Å²) in [5.74, 6) is -0.745. The second-order valence-corrected chi connectivity index (χ2v) is 7.80. The van der Waals surface area contributed by atoms with Gasteiger partial charge in [0, 0.05) is 12.6 Å². The van der Waals surface area contributed by atoms with Gasteiger partial charge in [0.05, 0.1) is 24.0 Å². The average molecular weight is 392 g/mol. The van der Waals surface area contributed by atoms with Gasteiger partial charge in [-0.3, -0.25) is 9.79 Å². The minimum atomic E-state index is -0.760. The highest BCUT2D eigenvalue weighted by Crippen LogP contribution is 2.39. The molecule has 0 aromatic heterocycles. The summed E-state index contributed by atoms with van der Waals surface area (Å²) in [6.07, 6.45) is 5.78. The van der Waals surface area contributed by atoms with E-state index in [9.17, 15) is 20.1 Å². The molecular weight excluding hydrogens is 358 g/mol. The number of hydrogen-bond donors (Lipinski definition) is 4. The molecule has 0 saturated heterocycles. The first kappa shape index (κ1) is 22.5. The molecule has 0 bridgehead atoms. The molecule has 0 amide bonds. The van der Waals surface area contributed by atoms with E-state index >= 15 is 0 Å². The zero-order valence-electron chi connectivity index (χ0n) is 16.4. The van der Waals surface area contributed by atoms with Crippen LogP contribution in [0.2, 0.25) is 0 Å². The Morgan fingerprint density at radius 2 is 1.68 bits per heavy atom. The molecule has 1 fully saturated rings. The molecule has 1 aliphatic rings. The van der Waals surface area contributed by atoms with Gasteiger partial charge < -0.3 is 20.4 Å². The van der Waals surface area contributed by atoms with Crippen LogP contribution in [0.3, 0.4) is 0 Å². The lowest BCUT2D eigenvalue weighted by atomic mass is 9.85. The minimum absolute atomic E-state index is 0.0196. The topological polar surface area (TPSA) is 110 Å². The number of rotatable bonds is 12. The second kappa shape index (κ2) is 11.9. The van der Waals surface area contributed by atoms with E-state index < -0.39 is 24.3 Å². The Hall–Kier alpha value is -1.76. The first-order valence-electron chi connectivity index (χ1n) is 10.3. The number of para-hydroxylation sites is 1. The van der Waals surface area contributed by atoms with Crippen molar-refractivity contribution in [2.45, 2.75) is 76.1 Å². The normalized spacial score (nSPS) is 26.0. The van der Waals surface area contributed by atoms with E-state index in [1.165, 1.54) is 6.21 Å². The SMILES string of the molecule is O=C(O)CCCCCC[C@@H]1C(CCC(O)/C=N/c2ccccc2)[C@H](O)C[C@@H]1O. The fraction of sp³-hybridized carbons (Fsp3) is 0.636. The summed E-state index contributed by atoms with van der Waals surface area (Å²) in [6.45, 7) is 0. The van der Waals surface area contributed by atoms with E-state index in [0.717, 1.165) is 31.4 Å². The Bertz CT molecular complexity index is 606. The van der Waals surface area contributed by atoms with Crippen molar-refractivity contribution in [3.05, 3.63) is 30.3 Å². The summed E-state index contributed by atoms with van der Waals surface area (Å²) >= 11 is 0. The number of hydrogen-bond acceptors (Lipinski definition) is 5. The Labute approximate surface area is 166 Å². The van der Waals surface area contributed by atoms with Crippen LogP contribution in [0.4, 0.5) is 5.69 Å². The summed E-state index contributed by atoms with van der Waals surface area (Å²) in [5.41, 5.74) is 0.790. The van der Waals surface area contributed by atoms with Crippen LogP contribution in [0.25, 0.3) is 0 Å². The highest BCUT2D eigenvalue weighted by Gasteiger charge is 2.40. The second-order valence-electron chi connectivity index (χ2n) is 7.80. The summed E-state index contributed by atoms with van der Waals surface area (Å²) in [4.78, 5) is 14.8. The third kappa shape index (κ3) is 7.70. The average Bonchev–Trinajstić information content (AvgIpc) is 2.94. The number of carbonyl (C=O) groups is 1. The van der Waals surface area contributed by atoms with Gasteiger partial charge in [0.25, 0.3) is 0 Å². The van der Waals surface area contributed by atoms with Gasteiger partial charge in [0.1, 0.15) is 0 Å². The predicted octanol–water partition coefficient (Wildman–Crippen LogP) is 3.31. The number of carboxylic acids is 1. The first-order chi connectivity index (χ1) is 13.5. The number of nitrogens with zero attached hydrogens (tertiary/aromatic N) is 1. The Balaban J connectivity index is 1.74. The van der Waals surface area contributed by atoms with Gasteiger partial charge in [-0.1, -0.05) is 37.5 Å². The van der Waals surface area contributed by atoms with Gasteiger partial charge in [0.15, 0.2) is 0 Å². The molecule has 28 heavy (non-hydrogen) atoms. The van der Waals surface area contributed by atoms with Gasteiger partial charge in [-0.15, -0.1) is 0 Å². The van der Waals surface area contributed by atoms with Gasteiger partial charge in [-0.2, -0.15) is 0 Å². The molecule has 1 aliphatic carbocycles. The van der Waals surface area contributed by atoms with Crippen LogP contribution in [0.15, 0.2) is 35.3 Å². The van der Waals surface area contributed by atoms with Crippen molar-refractivity contribution < 1.29 is 25.2 Å². The Morgan fingerprint density at radius 1 is 1.04 bits per heavy atom. The maximum atomic E-state index is 10.5. The molecule has 0 spiro atoms. The van der Waals surface area contributed by atoms with Gasteiger partial charge >= 0.3 is 5.97 Å². The molecular formula is C22H33NO5. The number of aliphatic imine (C=N–C) groups is 1. The number of aliphatic carboxylic acids is 1. The molecule has 0 radical (unpaired) electrons. The molecule has 2 rings (SSSR count). The molecule has 1 saturated carbocycles. The fourth-order valence-corrected chi connectivity index (χ4v) is 4.11. The van der Waals surface area contributed by atoms with E-state index in [0.29, 0.717) is 25.7 Å². The van der Waals surface area contributed by atoms with Crippen molar-refractivity contribution in [1.29, 1.82) is 0 Å². The first-order valence-corrected chi connectivity index (χ1v) is 10.3. The van der Waals surface area contributed by atoms with Crippen LogP contribution >= 0.6 is 0 Å². The molecule has 1 aromatic carbocycles. The standard InChI is InChI=1S/C22H33NO5/c24-17(15-23-16-8-4-3-5-9-16)12-13-19-18(20(25)14-21(19)26)10-6-1-2-7-11-22(27)28/h3-5,8-9,15,17-21,24-26H,1-2,6-7,10-14H2,(H,27,28)/b23-15+/t17?,18-,19?,20+,21-/m1/s1. The van der Waals surface area contributed by atoms with Crippen LogP contribution in [-0.2, 0) is 4.79 Å². The quantitative estimate of drug-likeness (QED) is 0.323. The summed E-state index contributed by atoms with van der Waals surface area (Å²) in [6, 6.07) is 9.43. The van der Waals surface area contributed by atoms with Gasteiger partial charge in [-0.25, -0.2) is 0 Å². The summed E-state index contributed by atoms with van der Waals surface area (Å²) in [5, 5.41) is 39.5. The van der Waals surface area contributed by atoms with Crippen LogP contribution in [0.1, 0.15) is 57.8 Å².